The lowest BCUT2D eigenvalue weighted by Crippen LogP contribution is -2.43. The SMILES string of the molecule is CN1[C@@H]2CC[C@H]1CC(Oc1ccc(C#Cc3ccccc3)cc1)C2. The minimum Gasteiger partial charge on any atom is -0.490 e. The molecule has 122 valence electrons. The van der Waals surface area contributed by atoms with Crippen LogP contribution in [-0.4, -0.2) is 30.1 Å². The maximum atomic E-state index is 6.23. The predicted octanol–water partition coefficient (Wildman–Crippen LogP) is 4.09. The molecule has 3 atom stereocenters. The molecule has 0 amide bonds. The Morgan fingerprint density at radius 3 is 2.04 bits per heavy atom. The predicted molar refractivity (Wildman–Crippen MR) is 97.1 cm³/mol. The zero-order valence-corrected chi connectivity index (χ0v) is 14.1. The Bertz CT molecular complexity index is 727. The molecular formula is C22H23NO. The smallest absolute Gasteiger partial charge is 0.119 e. The van der Waals surface area contributed by atoms with Crippen LogP contribution in [0.2, 0.25) is 0 Å². The molecule has 2 aliphatic rings. The average molecular weight is 317 g/mol. The van der Waals surface area contributed by atoms with E-state index < -0.39 is 0 Å². The number of fused-ring (bicyclic) bond motifs is 2. The third-order valence-corrected chi connectivity index (χ3v) is 5.34. The molecule has 24 heavy (non-hydrogen) atoms. The molecule has 0 N–H and O–H groups in total. The highest BCUT2D eigenvalue weighted by Crippen LogP contribution is 2.35. The first-order valence-electron chi connectivity index (χ1n) is 8.83. The van der Waals surface area contributed by atoms with E-state index >= 15 is 0 Å². The van der Waals surface area contributed by atoms with Crippen LogP contribution in [-0.2, 0) is 0 Å². The van der Waals surface area contributed by atoms with Gasteiger partial charge < -0.3 is 9.64 Å². The summed E-state index contributed by atoms with van der Waals surface area (Å²) in [6, 6.07) is 19.7. The molecule has 2 aromatic carbocycles. The summed E-state index contributed by atoms with van der Waals surface area (Å²) in [5.41, 5.74) is 2.06. The standard InChI is InChI=1S/C22H23NO/c1-23-19-11-12-20(23)16-22(15-19)24-21-13-9-18(10-14-21)8-7-17-5-3-2-4-6-17/h2-6,9-10,13-14,19-20,22H,11-12,15-16H2,1H3/t19-,20+,22?. The van der Waals surface area contributed by atoms with Crippen molar-refractivity contribution in [2.75, 3.05) is 7.05 Å². The van der Waals surface area contributed by atoms with Crippen LogP contribution in [0.15, 0.2) is 54.6 Å². The van der Waals surface area contributed by atoms with Gasteiger partial charge in [0.15, 0.2) is 0 Å². The van der Waals surface area contributed by atoms with E-state index in [1.54, 1.807) is 0 Å². The lowest BCUT2D eigenvalue weighted by molar-refractivity contribution is 0.0662. The van der Waals surface area contributed by atoms with Crippen molar-refractivity contribution in [3.8, 4) is 17.6 Å². The van der Waals surface area contributed by atoms with E-state index in [4.69, 9.17) is 4.74 Å². The van der Waals surface area contributed by atoms with Crippen molar-refractivity contribution in [2.24, 2.45) is 0 Å². The highest BCUT2D eigenvalue weighted by Gasteiger charge is 2.39. The van der Waals surface area contributed by atoms with E-state index in [1.807, 2.05) is 30.3 Å². The fourth-order valence-electron chi connectivity index (χ4n) is 3.93. The summed E-state index contributed by atoms with van der Waals surface area (Å²) >= 11 is 0. The number of benzene rings is 2. The molecule has 4 rings (SSSR count). The van der Waals surface area contributed by atoms with Gasteiger partial charge in [0.05, 0.1) is 0 Å². The summed E-state index contributed by atoms with van der Waals surface area (Å²) in [5, 5.41) is 0. The Labute approximate surface area is 144 Å². The number of rotatable bonds is 2. The van der Waals surface area contributed by atoms with E-state index in [1.165, 1.54) is 12.8 Å². The van der Waals surface area contributed by atoms with Crippen LogP contribution in [0.25, 0.3) is 0 Å². The summed E-state index contributed by atoms with van der Waals surface area (Å²) in [6.07, 6.45) is 5.33. The zero-order valence-electron chi connectivity index (χ0n) is 14.1. The van der Waals surface area contributed by atoms with E-state index in [0.29, 0.717) is 18.2 Å². The monoisotopic (exact) mass is 317 g/mol. The summed E-state index contributed by atoms with van der Waals surface area (Å²) < 4.78 is 6.23. The summed E-state index contributed by atoms with van der Waals surface area (Å²) in [5.74, 6) is 7.37. The minimum absolute atomic E-state index is 0.361. The van der Waals surface area contributed by atoms with Gasteiger partial charge in [-0.05, 0) is 69.1 Å². The largest absolute Gasteiger partial charge is 0.490 e. The quantitative estimate of drug-likeness (QED) is 0.774. The fraction of sp³-hybridized carbons (Fsp3) is 0.364. The van der Waals surface area contributed by atoms with Gasteiger partial charge in [-0.1, -0.05) is 30.0 Å². The Balaban J connectivity index is 1.39. The van der Waals surface area contributed by atoms with Gasteiger partial charge in [0.25, 0.3) is 0 Å². The second kappa shape index (κ2) is 6.71. The van der Waals surface area contributed by atoms with Crippen LogP contribution < -0.4 is 4.74 Å². The molecule has 0 radical (unpaired) electrons. The van der Waals surface area contributed by atoms with Crippen LogP contribution in [0.4, 0.5) is 0 Å². The van der Waals surface area contributed by atoms with Crippen molar-refractivity contribution in [2.45, 2.75) is 43.9 Å². The van der Waals surface area contributed by atoms with E-state index in [0.717, 1.165) is 29.7 Å². The van der Waals surface area contributed by atoms with Crippen molar-refractivity contribution in [3.63, 3.8) is 0 Å². The van der Waals surface area contributed by atoms with Gasteiger partial charge in [-0.2, -0.15) is 0 Å². The van der Waals surface area contributed by atoms with Crippen molar-refractivity contribution in [1.82, 2.24) is 4.90 Å². The molecule has 0 spiro atoms. The van der Waals surface area contributed by atoms with Crippen LogP contribution >= 0.6 is 0 Å². The summed E-state index contributed by atoms with van der Waals surface area (Å²) in [4.78, 5) is 2.54. The molecule has 2 aromatic rings. The Hall–Kier alpha value is -2.24. The topological polar surface area (TPSA) is 12.5 Å². The second-order valence-electron chi connectivity index (χ2n) is 6.90. The first-order valence-corrected chi connectivity index (χ1v) is 8.83. The maximum absolute atomic E-state index is 6.23. The van der Waals surface area contributed by atoms with E-state index in [2.05, 4.69) is 48.1 Å². The van der Waals surface area contributed by atoms with Gasteiger partial charge in [-0.15, -0.1) is 0 Å². The molecule has 2 saturated heterocycles. The van der Waals surface area contributed by atoms with Crippen LogP contribution in [0, 0.1) is 11.8 Å². The van der Waals surface area contributed by atoms with E-state index in [-0.39, 0.29) is 0 Å². The van der Waals surface area contributed by atoms with E-state index in [9.17, 15) is 0 Å². The van der Waals surface area contributed by atoms with Crippen LogP contribution in [0.1, 0.15) is 36.8 Å². The number of hydrogen-bond acceptors (Lipinski definition) is 2. The van der Waals surface area contributed by atoms with Crippen LogP contribution in [0.5, 0.6) is 5.75 Å². The van der Waals surface area contributed by atoms with Gasteiger partial charge in [-0.25, -0.2) is 0 Å². The average Bonchev–Trinajstić information content (AvgIpc) is 2.83. The lowest BCUT2D eigenvalue weighted by atomic mass is 10.0. The Kier molecular flexibility index (Phi) is 4.28. The number of piperidine rings is 1. The minimum atomic E-state index is 0.361. The number of hydrogen-bond donors (Lipinski definition) is 0. The molecule has 2 bridgehead atoms. The van der Waals surface area contributed by atoms with Crippen molar-refractivity contribution in [3.05, 3.63) is 65.7 Å². The van der Waals surface area contributed by atoms with Crippen molar-refractivity contribution >= 4 is 0 Å². The van der Waals surface area contributed by atoms with Gasteiger partial charge in [0, 0.05) is 23.2 Å². The first kappa shape index (κ1) is 15.3. The third kappa shape index (κ3) is 3.32. The molecule has 2 heterocycles. The second-order valence-corrected chi connectivity index (χ2v) is 6.90. The lowest BCUT2D eigenvalue weighted by Gasteiger charge is -2.36. The summed E-state index contributed by atoms with van der Waals surface area (Å²) in [7, 11) is 2.26. The van der Waals surface area contributed by atoms with Crippen molar-refractivity contribution < 1.29 is 4.74 Å². The Morgan fingerprint density at radius 2 is 1.42 bits per heavy atom. The van der Waals surface area contributed by atoms with Crippen LogP contribution in [0.3, 0.4) is 0 Å². The molecule has 0 aliphatic carbocycles. The van der Waals surface area contributed by atoms with Crippen molar-refractivity contribution in [1.29, 1.82) is 0 Å². The number of ether oxygens (including phenoxy) is 1. The highest BCUT2D eigenvalue weighted by atomic mass is 16.5. The molecule has 2 heteroatoms. The number of nitrogens with zero attached hydrogens (tertiary/aromatic N) is 1. The normalized spacial score (nSPS) is 25.8. The molecule has 2 fully saturated rings. The fourth-order valence-corrected chi connectivity index (χ4v) is 3.93. The van der Waals surface area contributed by atoms with Gasteiger partial charge in [0.1, 0.15) is 11.9 Å². The summed E-state index contributed by atoms with van der Waals surface area (Å²) in [6.45, 7) is 0. The van der Waals surface area contributed by atoms with Gasteiger partial charge in [0.2, 0.25) is 0 Å². The Morgan fingerprint density at radius 1 is 0.833 bits per heavy atom. The molecular weight excluding hydrogens is 294 g/mol. The molecule has 2 nitrogen and oxygen atoms in total. The van der Waals surface area contributed by atoms with Gasteiger partial charge >= 0.3 is 0 Å². The van der Waals surface area contributed by atoms with Gasteiger partial charge in [-0.3, -0.25) is 0 Å². The highest BCUT2D eigenvalue weighted by molar-refractivity contribution is 5.44. The zero-order chi connectivity index (χ0) is 16.4. The third-order valence-electron chi connectivity index (χ3n) is 5.34. The molecule has 0 saturated carbocycles. The molecule has 2 aliphatic heterocycles. The maximum Gasteiger partial charge on any atom is 0.119 e. The first-order chi connectivity index (χ1) is 11.8. The molecule has 0 aromatic heterocycles. The molecule has 1 unspecified atom stereocenters.